The summed E-state index contributed by atoms with van der Waals surface area (Å²) in [5.74, 6) is 0.454. The summed E-state index contributed by atoms with van der Waals surface area (Å²) in [5, 5.41) is 9.93. The van der Waals surface area contributed by atoms with Gasteiger partial charge >= 0.3 is 0 Å². The highest BCUT2D eigenvalue weighted by Crippen LogP contribution is 2.14. The predicted octanol–water partition coefficient (Wildman–Crippen LogP) is 1.48. The highest BCUT2D eigenvalue weighted by atomic mass is 35.5. The van der Waals surface area contributed by atoms with E-state index in [1.165, 1.54) is 6.07 Å². The Morgan fingerprint density at radius 2 is 2.22 bits per heavy atom. The number of halogens is 2. The molecule has 0 fully saturated rings. The molecule has 0 radical (unpaired) electrons. The van der Waals surface area contributed by atoms with Gasteiger partial charge < -0.3 is 10.3 Å². The van der Waals surface area contributed by atoms with Crippen molar-refractivity contribution in [3.63, 3.8) is 0 Å². The van der Waals surface area contributed by atoms with Gasteiger partial charge in [-0.1, -0.05) is 23.2 Å². The standard InChI is InChI=1S/C10H9Cl2N5O/c11-7-5-6(9(12)17-16-7)10(18)15-2-1-8-13-3-4-14-8/h3-5H,1-2H2,(H,13,14)(H,15,18). The third-order valence-electron chi connectivity index (χ3n) is 2.17. The van der Waals surface area contributed by atoms with Crippen LogP contribution in [0.4, 0.5) is 0 Å². The smallest absolute Gasteiger partial charge is 0.254 e. The summed E-state index contributed by atoms with van der Waals surface area (Å²) in [4.78, 5) is 18.8. The number of nitrogens with one attached hydrogen (secondary N) is 2. The second-order valence-electron chi connectivity index (χ2n) is 3.41. The van der Waals surface area contributed by atoms with Crippen molar-refractivity contribution in [2.45, 2.75) is 6.42 Å². The fourth-order valence-electron chi connectivity index (χ4n) is 1.34. The molecule has 0 aliphatic carbocycles. The summed E-state index contributed by atoms with van der Waals surface area (Å²) in [7, 11) is 0. The Hall–Kier alpha value is -1.66. The second-order valence-corrected chi connectivity index (χ2v) is 4.16. The van der Waals surface area contributed by atoms with Crippen molar-refractivity contribution in [1.29, 1.82) is 0 Å². The monoisotopic (exact) mass is 285 g/mol. The molecule has 18 heavy (non-hydrogen) atoms. The van der Waals surface area contributed by atoms with Crippen LogP contribution in [0.5, 0.6) is 0 Å². The highest BCUT2D eigenvalue weighted by molar-refractivity contribution is 6.34. The van der Waals surface area contributed by atoms with Gasteiger partial charge in [0, 0.05) is 25.4 Å². The number of hydrogen-bond donors (Lipinski definition) is 2. The van der Waals surface area contributed by atoms with Crippen molar-refractivity contribution in [3.05, 3.63) is 40.2 Å². The molecular formula is C10H9Cl2N5O. The van der Waals surface area contributed by atoms with Crippen LogP contribution in [0.2, 0.25) is 10.3 Å². The van der Waals surface area contributed by atoms with Crippen LogP contribution in [0.1, 0.15) is 16.2 Å². The SMILES string of the molecule is O=C(NCCc1ncc[nH]1)c1cc(Cl)nnc1Cl. The van der Waals surface area contributed by atoms with Gasteiger partial charge in [0.1, 0.15) is 5.82 Å². The Balaban J connectivity index is 1.93. The molecule has 0 saturated carbocycles. The van der Waals surface area contributed by atoms with Crippen molar-refractivity contribution < 1.29 is 4.79 Å². The van der Waals surface area contributed by atoms with E-state index in [0.29, 0.717) is 13.0 Å². The van der Waals surface area contributed by atoms with Gasteiger partial charge in [0.2, 0.25) is 0 Å². The van der Waals surface area contributed by atoms with Crippen LogP contribution in [0.15, 0.2) is 18.5 Å². The van der Waals surface area contributed by atoms with Crippen LogP contribution < -0.4 is 5.32 Å². The van der Waals surface area contributed by atoms with Crippen molar-refractivity contribution in [2.75, 3.05) is 6.54 Å². The number of aromatic nitrogens is 4. The molecule has 0 spiro atoms. The first-order chi connectivity index (χ1) is 8.66. The van der Waals surface area contributed by atoms with Gasteiger partial charge in [-0.3, -0.25) is 4.79 Å². The molecule has 0 aromatic carbocycles. The van der Waals surface area contributed by atoms with E-state index >= 15 is 0 Å². The lowest BCUT2D eigenvalue weighted by molar-refractivity contribution is 0.0953. The molecule has 94 valence electrons. The third kappa shape index (κ3) is 3.18. The molecule has 0 aliphatic heterocycles. The van der Waals surface area contributed by atoms with Crippen LogP contribution in [-0.2, 0) is 6.42 Å². The number of hydrogen-bond acceptors (Lipinski definition) is 4. The maximum absolute atomic E-state index is 11.8. The summed E-state index contributed by atoms with van der Waals surface area (Å²) in [6, 6.07) is 1.37. The summed E-state index contributed by atoms with van der Waals surface area (Å²) in [6.45, 7) is 0.433. The van der Waals surface area contributed by atoms with E-state index in [1.54, 1.807) is 12.4 Å². The minimum atomic E-state index is -0.344. The fourth-order valence-corrected chi connectivity index (χ4v) is 1.66. The van der Waals surface area contributed by atoms with Gasteiger partial charge in [-0.25, -0.2) is 4.98 Å². The topological polar surface area (TPSA) is 83.6 Å². The highest BCUT2D eigenvalue weighted by Gasteiger charge is 2.12. The van der Waals surface area contributed by atoms with Gasteiger partial charge in [0.15, 0.2) is 10.3 Å². The normalized spacial score (nSPS) is 10.3. The number of carbonyl (C=O) groups is 1. The van der Waals surface area contributed by atoms with Crippen LogP contribution in [0.25, 0.3) is 0 Å². The number of nitrogens with zero attached hydrogens (tertiary/aromatic N) is 3. The van der Waals surface area contributed by atoms with E-state index in [9.17, 15) is 4.79 Å². The largest absolute Gasteiger partial charge is 0.351 e. The van der Waals surface area contributed by atoms with E-state index in [1.807, 2.05) is 0 Å². The molecule has 0 saturated heterocycles. The molecule has 2 rings (SSSR count). The van der Waals surface area contributed by atoms with Gasteiger partial charge in [-0.15, -0.1) is 10.2 Å². The summed E-state index contributed by atoms with van der Waals surface area (Å²) in [6.07, 6.45) is 3.98. The van der Waals surface area contributed by atoms with Gasteiger partial charge in [0.25, 0.3) is 5.91 Å². The van der Waals surface area contributed by atoms with E-state index < -0.39 is 0 Å². The zero-order valence-corrected chi connectivity index (χ0v) is 10.7. The van der Waals surface area contributed by atoms with Gasteiger partial charge in [-0.05, 0) is 6.07 Å². The van der Waals surface area contributed by atoms with Crippen LogP contribution in [0, 0.1) is 0 Å². The molecule has 2 aromatic rings. The Labute approximate surface area is 113 Å². The molecule has 0 bridgehead atoms. The lowest BCUT2D eigenvalue weighted by Gasteiger charge is -2.05. The summed E-state index contributed by atoms with van der Waals surface area (Å²) >= 11 is 11.4. The van der Waals surface area contributed by atoms with Crippen molar-refractivity contribution in [1.82, 2.24) is 25.5 Å². The van der Waals surface area contributed by atoms with Crippen molar-refractivity contribution in [2.24, 2.45) is 0 Å². The minimum Gasteiger partial charge on any atom is -0.351 e. The zero-order chi connectivity index (χ0) is 13.0. The Kier molecular flexibility index (Phi) is 4.11. The lowest BCUT2D eigenvalue weighted by Crippen LogP contribution is -2.26. The quantitative estimate of drug-likeness (QED) is 0.891. The average Bonchev–Trinajstić information content (AvgIpc) is 2.85. The van der Waals surface area contributed by atoms with E-state index in [2.05, 4.69) is 25.5 Å². The average molecular weight is 286 g/mol. The van der Waals surface area contributed by atoms with Crippen LogP contribution in [-0.4, -0.2) is 32.6 Å². The van der Waals surface area contributed by atoms with Crippen LogP contribution >= 0.6 is 23.2 Å². The van der Waals surface area contributed by atoms with Gasteiger partial charge in [0.05, 0.1) is 5.56 Å². The molecule has 2 heterocycles. The molecule has 0 atom stereocenters. The lowest BCUT2D eigenvalue weighted by atomic mass is 10.3. The molecule has 8 heteroatoms. The molecule has 6 nitrogen and oxygen atoms in total. The van der Waals surface area contributed by atoms with Crippen molar-refractivity contribution in [3.8, 4) is 0 Å². The van der Waals surface area contributed by atoms with Gasteiger partial charge in [-0.2, -0.15) is 0 Å². The molecule has 0 aliphatic rings. The number of carbonyl (C=O) groups excluding carboxylic acids is 1. The zero-order valence-electron chi connectivity index (χ0n) is 9.15. The first-order valence-corrected chi connectivity index (χ1v) is 5.87. The maximum Gasteiger partial charge on any atom is 0.254 e. The fraction of sp³-hybridized carbons (Fsp3) is 0.200. The number of amides is 1. The Bertz CT molecular complexity index is 543. The number of aromatic amines is 1. The van der Waals surface area contributed by atoms with E-state index in [0.717, 1.165) is 5.82 Å². The second kappa shape index (κ2) is 5.79. The van der Waals surface area contributed by atoms with E-state index in [4.69, 9.17) is 23.2 Å². The minimum absolute atomic E-state index is 0.0231. The molecule has 0 unspecified atom stereocenters. The number of H-pyrrole nitrogens is 1. The summed E-state index contributed by atoms with van der Waals surface area (Å²) in [5.41, 5.74) is 0.205. The Morgan fingerprint density at radius 1 is 1.39 bits per heavy atom. The first-order valence-electron chi connectivity index (χ1n) is 5.12. The molecule has 2 aromatic heterocycles. The van der Waals surface area contributed by atoms with E-state index in [-0.39, 0.29) is 21.8 Å². The van der Waals surface area contributed by atoms with Crippen LogP contribution in [0.3, 0.4) is 0 Å². The van der Waals surface area contributed by atoms with Crippen molar-refractivity contribution >= 4 is 29.1 Å². The number of rotatable bonds is 4. The number of imidazole rings is 1. The Morgan fingerprint density at radius 3 is 2.94 bits per heavy atom. The predicted molar refractivity (Wildman–Crippen MR) is 66.7 cm³/mol. The summed E-state index contributed by atoms with van der Waals surface area (Å²) < 4.78 is 0. The third-order valence-corrected chi connectivity index (χ3v) is 2.63. The first kappa shape index (κ1) is 12.8. The molecule has 2 N–H and O–H groups in total. The maximum atomic E-state index is 11.8. The molecule has 1 amide bonds. The molecular weight excluding hydrogens is 277 g/mol.